The van der Waals surface area contributed by atoms with Crippen LogP contribution < -0.4 is 5.32 Å². The average Bonchev–Trinajstić information content (AvgIpc) is 2.88. The van der Waals surface area contributed by atoms with E-state index in [1.807, 2.05) is 30.5 Å². The molecule has 0 saturated heterocycles. The first kappa shape index (κ1) is 13.0. The molecule has 0 radical (unpaired) electrons. The largest absolute Gasteiger partial charge is 0.383 e. The Kier molecular flexibility index (Phi) is 4.65. The zero-order chi connectivity index (χ0) is 12.8. The van der Waals surface area contributed by atoms with Gasteiger partial charge in [0, 0.05) is 18.9 Å². The first-order valence-electron chi connectivity index (χ1n) is 6.35. The average molecular weight is 264 g/mol. The minimum Gasteiger partial charge on any atom is -0.383 e. The van der Waals surface area contributed by atoms with E-state index in [-0.39, 0.29) is 0 Å². The van der Waals surface area contributed by atoms with Gasteiger partial charge in [0.15, 0.2) is 0 Å². The van der Waals surface area contributed by atoms with Crippen LogP contribution >= 0.6 is 11.6 Å². The first-order valence-corrected chi connectivity index (χ1v) is 6.73. The lowest BCUT2D eigenvalue weighted by atomic mass is 10.2. The van der Waals surface area contributed by atoms with Gasteiger partial charge in [-0.3, -0.25) is 0 Å². The molecule has 0 unspecified atom stereocenters. The van der Waals surface area contributed by atoms with E-state index in [0.29, 0.717) is 5.02 Å². The highest BCUT2D eigenvalue weighted by atomic mass is 35.5. The molecule has 0 aliphatic carbocycles. The van der Waals surface area contributed by atoms with E-state index in [9.17, 15) is 0 Å². The van der Waals surface area contributed by atoms with Crippen molar-refractivity contribution in [2.75, 3.05) is 11.9 Å². The number of nitrogens with zero attached hydrogens (tertiary/aromatic N) is 2. The summed E-state index contributed by atoms with van der Waals surface area (Å²) in [7, 11) is 0. The van der Waals surface area contributed by atoms with Gasteiger partial charge in [-0.1, -0.05) is 37.4 Å². The molecule has 1 N–H and O–H groups in total. The van der Waals surface area contributed by atoms with Crippen molar-refractivity contribution in [1.82, 2.24) is 9.78 Å². The number of anilines is 1. The molecule has 96 valence electrons. The quantitative estimate of drug-likeness (QED) is 0.795. The van der Waals surface area contributed by atoms with E-state index >= 15 is 0 Å². The molecule has 0 bridgehead atoms. The molecule has 2 aromatic rings. The van der Waals surface area contributed by atoms with Crippen LogP contribution in [0.3, 0.4) is 0 Å². The Hall–Kier alpha value is -1.48. The van der Waals surface area contributed by atoms with Crippen molar-refractivity contribution < 1.29 is 0 Å². The van der Waals surface area contributed by atoms with Gasteiger partial charge >= 0.3 is 0 Å². The number of nitrogens with one attached hydrogen (secondary N) is 1. The van der Waals surface area contributed by atoms with Crippen LogP contribution in [0.25, 0.3) is 5.69 Å². The Labute approximate surface area is 113 Å². The molecule has 0 saturated carbocycles. The van der Waals surface area contributed by atoms with Gasteiger partial charge in [-0.15, -0.1) is 0 Å². The molecule has 0 spiro atoms. The van der Waals surface area contributed by atoms with Crippen molar-refractivity contribution in [3.63, 3.8) is 0 Å². The van der Waals surface area contributed by atoms with E-state index < -0.39 is 0 Å². The van der Waals surface area contributed by atoms with Crippen LogP contribution in [0.1, 0.15) is 26.2 Å². The van der Waals surface area contributed by atoms with Crippen LogP contribution in [0.4, 0.5) is 5.69 Å². The van der Waals surface area contributed by atoms with E-state index in [2.05, 4.69) is 17.3 Å². The van der Waals surface area contributed by atoms with Crippen LogP contribution in [-0.4, -0.2) is 16.3 Å². The van der Waals surface area contributed by atoms with Gasteiger partial charge in [-0.25, -0.2) is 4.68 Å². The smallest absolute Gasteiger partial charge is 0.106 e. The third-order valence-electron chi connectivity index (χ3n) is 2.82. The number of unbranched alkanes of at least 4 members (excludes halogenated alkanes) is 2. The van der Waals surface area contributed by atoms with Crippen LogP contribution in [0, 0.1) is 0 Å². The van der Waals surface area contributed by atoms with Gasteiger partial charge in [0.05, 0.1) is 10.7 Å². The van der Waals surface area contributed by atoms with E-state index in [1.54, 1.807) is 10.9 Å². The summed E-state index contributed by atoms with van der Waals surface area (Å²) < 4.78 is 1.80. The van der Waals surface area contributed by atoms with Gasteiger partial charge in [0.1, 0.15) is 5.69 Å². The van der Waals surface area contributed by atoms with Crippen molar-refractivity contribution in [3.05, 3.63) is 41.7 Å². The number of para-hydroxylation sites is 1. The maximum Gasteiger partial charge on any atom is 0.106 e. The van der Waals surface area contributed by atoms with Crippen LogP contribution in [-0.2, 0) is 0 Å². The van der Waals surface area contributed by atoms with E-state index in [1.165, 1.54) is 19.3 Å². The normalized spacial score (nSPS) is 10.6. The summed E-state index contributed by atoms with van der Waals surface area (Å²) in [4.78, 5) is 0. The maximum absolute atomic E-state index is 6.26. The summed E-state index contributed by atoms with van der Waals surface area (Å²) in [6.07, 6.45) is 7.29. The molecule has 0 amide bonds. The molecule has 2 rings (SSSR count). The fraction of sp³-hybridized carbons (Fsp3) is 0.357. The minimum atomic E-state index is 0.708. The summed E-state index contributed by atoms with van der Waals surface area (Å²) in [6, 6.07) is 7.77. The molecule has 3 nitrogen and oxygen atoms in total. The van der Waals surface area contributed by atoms with Crippen LogP contribution in [0.2, 0.25) is 5.02 Å². The molecular formula is C14H18ClN3. The van der Waals surface area contributed by atoms with Crippen molar-refractivity contribution in [1.29, 1.82) is 0 Å². The van der Waals surface area contributed by atoms with Gasteiger partial charge in [0.2, 0.25) is 0 Å². The topological polar surface area (TPSA) is 29.9 Å². The highest BCUT2D eigenvalue weighted by Gasteiger charge is 2.08. The summed E-state index contributed by atoms with van der Waals surface area (Å²) in [5.74, 6) is 0. The van der Waals surface area contributed by atoms with Gasteiger partial charge in [-0.2, -0.15) is 5.10 Å². The van der Waals surface area contributed by atoms with Crippen LogP contribution in [0.5, 0.6) is 0 Å². The number of hydrogen-bond acceptors (Lipinski definition) is 2. The SMILES string of the molecule is CCCCCNc1cccc(Cl)c1-n1cccn1. The number of rotatable bonds is 6. The van der Waals surface area contributed by atoms with Gasteiger partial charge < -0.3 is 5.32 Å². The minimum absolute atomic E-state index is 0.708. The van der Waals surface area contributed by atoms with Crippen molar-refractivity contribution in [3.8, 4) is 5.69 Å². The fourth-order valence-corrected chi connectivity index (χ4v) is 2.15. The highest BCUT2D eigenvalue weighted by molar-refractivity contribution is 6.33. The second kappa shape index (κ2) is 6.45. The Balaban J connectivity index is 2.17. The second-order valence-corrected chi connectivity index (χ2v) is 4.63. The molecular weight excluding hydrogens is 246 g/mol. The standard InChI is InChI=1S/C14H18ClN3/c1-2-3-4-9-16-13-8-5-7-12(15)14(13)18-11-6-10-17-18/h5-8,10-11,16H,2-4,9H2,1H3. The molecule has 0 aliphatic rings. The lowest BCUT2D eigenvalue weighted by Crippen LogP contribution is -2.06. The molecule has 1 aromatic carbocycles. The number of aromatic nitrogens is 2. The summed E-state index contributed by atoms with van der Waals surface area (Å²) >= 11 is 6.26. The molecule has 0 aliphatic heterocycles. The fourth-order valence-electron chi connectivity index (χ4n) is 1.89. The van der Waals surface area contributed by atoms with E-state index in [0.717, 1.165) is 17.9 Å². The monoisotopic (exact) mass is 263 g/mol. The lowest BCUT2D eigenvalue weighted by Gasteiger charge is -2.13. The molecule has 0 fully saturated rings. The molecule has 4 heteroatoms. The first-order chi connectivity index (χ1) is 8.83. The third-order valence-corrected chi connectivity index (χ3v) is 3.12. The van der Waals surface area contributed by atoms with Gasteiger partial charge in [-0.05, 0) is 24.6 Å². The molecule has 18 heavy (non-hydrogen) atoms. The zero-order valence-electron chi connectivity index (χ0n) is 10.6. The van der Waals surface area contributed by atoms with Crippen LogP contribution in [0.15, 0.2) is 36.7 Å². The molecule has 1 aromatic heterocycles. The maximum atomic E-state index is 6.26. The predicted molar refractivity (Wildman–Crippen MR) is 76.6 cm³/mol. The Morgan fingerprint density at radius 1 is 1.28 bits per heavy atom. The third kappa shape index (κ3) is 3.05. The van der Waals surface area contributed by atoms with Crippen molar-refractivity contribution >= 4 is 17.3 Å². The Morgan fingerprint density at radius 3 is 2.89 bits per heavy atom. The zero-order valence-corrected chi connectivity index (χ0v) is 11.3. The predicted octanol–water partition coefficient (Wildman–Crippen LogP) is 4.13. The molecule has 1 heterocycles. The Morgan fingerprint density at radius 2 is 2.17 bits per heavy atom. The Bertz CT molecular complexity index is 480. The van der Waals surface area contributed by atoms with Crippen molar-refractivity contribution in [2.45, 2.75) is 26.2 Å². The summed E-state index contributed by atoms with van der Waals surface area (Å²) in [6.45, 7) is 3.16. The van der Waals surface area contributed by atoms with Crippen molar-refractivity contribution in [2.24, 2.45) is 0 Å². The number of benzene rings is 1. The molecule has 0 atom stereocenters. The highest BCUT2D eigenvalue weighted by Crippen LogP contribution is 2.27. The number of hydrogen-bond donors (Lipinski definition) is 1. The van der Waals surface area contributed by atoms with E-state index in [4.69, 9.17) is 11.6 Å². The summed E-state index contributed by atoms with van der Waals surface area (Å²) in [5, 5.41) is 8.38. The summed E-state index contributed by atoms with van der Waals surface area (Å²) in [5.41, 5.74) is 1.95. The lowest BCUT2D eigenvalue weighted by molar-refractivity contribution is 0.743. The van der Waals surface area contributed by atoms with Gasteiger partial charge in [0.25, 0.3) is 0 Å². The number of halogens is 1. The second-order valence-electron chi connectivity index (χ2n) is 4.22.